The Hall–Kier alpha value is -1.43. The van der Waals surface area contributed by atoms with Crippen LogP contribution in [-0.2, 0) is 4.79 Å². The maximum absolute atomic E-state index is 13.6. The number of amides is 1. The third kappa shape index (κ3) is 3.53. The second kappa shape index (κ2) is 6.49. The fourth-order valence-corrected chi connectivity index (χ4v) is 1.76. The molecule has 0 spiro atoms. The Bertz CT molecular complexity index is 465. The molecule has 0 saturated carbocycles. The van der Waals surface area contributed by atoms with Crippen molar-refractivity contribution in [3.8, 4) is 0 Å². The Kier molecular flexibility index (Phi) is 5.27. The van der Waals surface area contributed by atoms with Gasteiger partial charge in [-0.3, -0.25) is 9.59 Å². The van der Waals surface area contributed by atoms with Gasteiger partial charge in [0.1, 0.15) is 5.82 Å². The van der Waals surface area contributed by atoms with E-state index in [9.17, 15) is 14.0 Å². The zero-order valence-corrected chi connectivity index (χ0v) is 11.3. The molecule has 98 valence electrons. The average molecular weight is 318 g/mol. The number of carboxylic acid groups (broad SMARTS) is 1. The zero-order chi connectivity index (χ0) is 13.7. The van der Waals surface area contributed by atoms with Gasteiger partial charge in [-0.25, -0.2) is 4.39 Å². The summed E-state index contributed by atoms with van der Waals surface area (Å²) >= 11 is 2.98. The molecular weight excluding hydrogens is 305 g/mol. The van der Waals surface area contributed by atoms with Crippen molar-refractivity contribution in [1.29, 1.82) is 0 Å². The lowest BCUT2D eigenvalue weighted by Gasteiger charge is -2.11. The van der Waals surface area contributed by atoms with Crippen molar-refractivity contribution in [2.75, 3.05) is 6.54 Å². The molecule has 4 nitrogen and oxygen atoms in total. The van der Waals surface area contributed by atoms with Crippen LogP contribution in [0.5, 0.6) is 0 Å². The van der Waals surface area contributed by atoms with E-state index in [4.69, 9.17) is 5.11 Å². The lowest BCUT2D eigenvalue weighted by atomic mass is 10.1. The molecule has 1 amide bonds. The number of nitrogens with one attached hydrogen (secondary N) is 1. The van der Waals surface area contributed by atoms with Gasteiger partial charge in [-0.15, -0.1) is 0 Å². The maximum Gasteiger partial charge on any atom is 0.308 e. The van der Waals surface area contributed by atoms with Crippen molar-refractivity contribution in [1.82, 2.24) is 5.32 Å². The number of rotatable bonds is 5. The van der Waals surface area contributed by atoms with Crippen molar-refractivity contribution in [3.63, 3.8) is 0 Å². The molecule has 0 aromatic heterocycles. The molecule has 0 aliphatic heterocycles. The van der Waals surface area contributed by atoms with E-state index in [1.54, 1.807) is 6.92 Å². The van der Waals surface area contributed by atoms with Crippen LogP contribution in [0.15, 0.2) is 22.7 Å². The van der Waals surface area contributed by atoms with E-state index in [2.05, 4.69) is 21.2 Å². The van der Waals surface area contributed by atoms with E-state index in [-0.39, 0.29) is 16.6 Å². The minimum absolute atomic E-state index is 0.0172. The second-order valence-electron chi connectivity index (χ2n) is 3.75. The number of hydrogen-bond acceptors (Lipinski definition) is 2. The Labute approximate surface area is 112 Å². The summed E-state index contributed by atoms with van der Waals surface area (Å²) in [6, 6.07) is 4.37. The molecule has 1 rings (SSSR count). The van der Waals surface area contributed by atoms with Crippen molar-refractivity contribution in [2.24, 2.45) is 5.92 Å². The molecule has 0 fully saturated rings. The lowest BCUT2D eigenvalue weighted by molar-refractivity contribution is -0.141. The van der Waals surface area contributed by atoms with E-state index in [0.717, 1.165) is 0 Å². The second-order valence-corrected chi connectivity index (χ2v) is 4.61. The van der Waals surface area contributed by atoms with Crippen LogP contribution in [0.3, 0.4) is 0 Å². The van der Waals surface area contributed by atoms with Gasteiger partial charge >= 0.3 is 5.97 Å². The van der Waals surface area contributed by atoms with Gasteiger partial charge in [0.15, 0.2) is 0 Å². The molecule has 0 aliphatic carbocycles. The fourth-order valence-electron chi connectivity index (χ4n) is 1.40. The summed E-state index contributed by atoms with van der Waals surface area (Å²) in [6.45, 7) is 1.70. The molecule has 0 heterocycles. The summed E-state index contributed by atoms with van der Waals surface area (Å²) in [7, 11) is 0. The first-order valence-corrected chi connectivity index (χ1v) is 6.21. The number of halogens is 2. The van der Waals surface area contributed by atoms with E-state index >= 15 is 0 Å². The molecule has 1 atom stereocenters. The van der Waals surface area contributed by atoms with Crippen LogP contribution < -0.4 is 5.32 Å². The minimum atomic E-state index is -0.979. The summed E-state index contributed by atoms with van der Waals surface area (Å²) in [5.41, 5.74) is -0.107. The first-order chi connectivity index (χ1) is 8.47. The highest BCUT2D eigenvalue weighted by Gasteiger charge is 2.18. The van der Waals surface area contributed by atoms with E-state index in [0.29, 0.717) is 6.42 Å². The summed E-state index contributed by atoms with van der Waals surface area (Å²) in [4.78, 5) is 22.5. The molecule has 1 unspecified atom stereocenters. The summed E-state index contributed by atoms with van der Waals surface area (Å²) in [6.07, 6.45) is 0.399. The third-order valence-corrected chi connectivity index (χ3v) is 3.16. The first-order valence-electron chi connectivity index (χ1n) is 5.42. The standard InChI is InChI=1S/C12H13BrFNO3/c1-2-7(12(17)18)6-15-11(16)8-4-3-5-9(13)10(8)14/h3-5,7H,2,6H2,1H3,(H,15,16)(H,17,18). The predicted molar refractivity (Wildman–Crippen MR) is 67.9 cm³/mol. The molecule has 0 bridgehead atoms. The number of aliphatic carboxylic acids is 1. The molecule has 0 aliphatic rings. The number of carbonyl (C=O) groups excluding carboxylic acids is 1. The maximum atomic E-state index is 13.6. The molecule has 6 heteroatoms. The number of hydrogen-bond donors (Lipinski definition) is 2. The quantitative estimate of drug-likeness (QED) is 0.876. The average Bonchev–Trinajstić information content (AvgIpc) is 2.32. The van der Waals surface area contributed by atoms with Gasteiger partial charge in [0.25, 0.3) is 5.91 Å². The minimum Gasteiger partial charge on any atom is -0.481 e. The number of carboxylic acids is 1. The van der Waals surface area contributed by atoms with E-state index < -0.39 is 23.6 Å². The molecule has 1 aromatic carbocycles. The summed E-state index contributed by atoms with van der Waals surface area (Å²) in [5, 5.41) is 11.2. The Balaban J connectivity index is 2.71. The number of benzene rings is 1. The van der Waals surface area contributed by atoms with Crippen LogP contribution in [0.1, 0.15) is 23.7 Å². The SMILES string of the molecule is CCC(CNC(=O)c1cccc(Br)c1F)C(=O)O. The van der Waals surface area contributed by atoms with E-state index in [1.807, 2.05) is 0 Å². The highest BCUT2D eigenvalue weighted by molar-refractivity contribution is 9.10. The van der Waals surface area contributed by atoms with Crippen LogP contribution in [-0.4, -0.2) is 23.5 Å². The van der Waals surface area contributed by atoms with Gasteiger partial charge in [-0.1, -0.05) is 13.0 Å². The van der Waals surface area contributed by atoms with Crippen molar-refractivity contribution in [2.45, 2.75) is 13.3 Å². The molecule has 2 N–H and O–H groups in total. The molecule has 0 radical (unpaired) electrons. The largest absolute Gasteiger partial charge is 0.481 e. The topological polar surface area (TPSA) is 66.4 Å². The van der Waals surface area contributed by atoms with Crippen molar-refractivity contribution in [3.05, 3.63) is 34.1 Å². The van der Waals surface area contributed by atoms with E-state index in [1.165, 1.54) is 18.2 Å². The van der Waals surface area contributed by atoms with Crippen LogP contribution in [0.25, 0.3) is 0 Å². The van der Waals surface area contributed by atoms with Crippen LogP contribution in [0.2, 0.25) is 0 Å². The Morgan fingerprint density at radius 1 is 1.50 bits per heavy atom. The van der Waals surface area contributed by atoms with Gasteiger partial charge in [0, 0.05) is 6.54 Å². The van der Waals surface area contributed by atoms with Crippen LogP contribution >= 0.6 is 15.9 Å². The molecule has 18 heavy (non-hydrogen) atoms. The summed E-state index contributed by atoms with van der Waals surface area (Å²) < 4.78 is 13.8. The lowest BCUT2D eigenvalue weighted by Crippen LogP contribution is -2.33. The Morgan fingerprint density at radius 2 is 2.17 bits per heavy atom. The van der Waals surface area contributed by atoms with Gasteiger partial charge < -0.3 is 10.4 Å². The van der Waals surface area contributed by atoms with Crippen molar-refractivity contribution >= 4 is 27.8 Å². The predicted octanol–water partition coefficient (Wildman–Crippen LogP) is 2.43. The van der Waals surface area contributed by atoms with Gasteiger partial charge in [0.2, 0.25) is 0 Å². The fraction of sp³-hybridized carbons (Fsp3) is 0.333. The normalized spacial score (nSPS) is 11.9. The first kappa shape index (κ1) is 14.6. The third-order valence-electron chi connectivity index (χ3n) is 2.55. The molecule has 1 aromatic rings. The van der Waals surface area contributed by atoms with Gasteiger partial charge in [0.05, 0.1) is 16.0 Å². The summed E-state index contributed by atoms with van der Waals surface area (Å²) in [5.74, 6) is -2.91. The monoisotopic (exact) mass is 317 g/mol. The highest BCUT2D eigenvalue weighted by Crippen LogP contribution is 2.18. The zero-order valence-electron chi connectivity index (χ0n) is 9.74. The number of carbonyl (C=O) groups is 2. The smallest absolute Gasteiger partial charge is 0.308 e. The van der Waals surface area contributed by atoms with Crippen LogP contribution in [0.4, 0.5) is 4.39 Å². The van der Waals surface area contributed by atoms with Gasteiger partial charge in [-0.2, -0.15) is 0 Å². The van der Waals surface area contributed by atoms with Gasteiger partial charge in [-0.05, 0) is 34.5 Å². The highest BCUT2D eigenvalue weighted by atomic mass is 79.9. The molecular formula is C12H13BrFNO3. The molecule has 0 saturated heterocycles. The van der Waals surface area contributed by atoms with Crippen molar-refractivity contribution < 1.29 is 19.1 Å². The van der Waals surface area contributed by atoms with Crippen LogP contribution in [0, 0.1) is 11.7 Å². The Morgan fingerprint density at radius 3 is 2.72 bits per heavy atom.